The van der Waals surface area contributed by atoms with Gasteiger partial charge in [0.05, 0.1) is 0 Å². The van der Waals surface area contributed by atoms with Crippen molar-refractivity contribution in [1.29, 1.82) is 0 Å². The van der Waals surface area contributed by atoms with Crippen molar-refractivity contribution in [3.63, 3.8) is 0 Å². The van der Waals surface area contributed by atoms with Crippen LogP contribution >= 0.6 is 23.5 Å². The number of nitrogens with one attached hydrogen (secondary N) is 2. The fourth-order valence-electron chi connectivity index (χ4n) is 5.06. The van der Waals surface area contributed by atoms with Crippen LogP contribution in [0.1, 0.15) is 50.0 Å². The summed E-state index contributed by atoms with van der Waals surface area (Å²) in [5.74, 6) is 2.03. The maximum Gasteiger partial charge on any atom is 0.332 e. The van der Waals surface area contributed by atoms with E-state index in [9.17, 15) is 9.59 Å². The molecule has 0 aliphatic heterocycles. The Morgan fingerprint density at radius 2 is 0.940 bits per heavy atom. The number of carbonyl (C=O) groups is 2. The molecule has 0 fully saturated rings. The second kappa shape index (κ2) is 21.1. The van der Waals surface area contributed by atoms with Gasteiger partial charge in [-0.15, -0.1) is 23.5 Å². The molecule has 4 atom stereocenters. The van der Waals surface area contributed by atoms with E-state index in [0.29, 0.717) is 24.3 Å². The van der Waals surface area contributed by atoms with E-state index in [1.54, 1.807) is 37.6 Å². The van der Waals surface area contributed by atoms with E-state index >= 15 is 0 Å². The van der Waals surface area contributed by atoms with Gasteiger partial charge in [0.2, 0.25) is 0 Å². The molecular weight excluding hydrogens is 669 g/mol. The van der Waals surface area contributed by atoms with Gasteiger partial charge >= 0.3 is 11.9 Å². The fourth-order valence-corrected chi connectivity index (χ4v) is 6.39. The Balaban J connectivity index is 1.35. The molecule has 0 bridgehead atoms. The number of benzene rings is 4. The molecule has 2 N–H and O–H groups in total. The third kappa shape index (κ3) is 12.9. The van der Waals surface area contributed by atoms with Gasteiger partial charge in [0, 0.05) is 34.8 Å². The smallest absolute Gasteiger partial charge is 0.332 e. The van der Waals surface area contributed by atoms with Gasteiger partial charge < -0.3 is 18.9 Å². The number of rotatable bonds is 20. The van der Waals surface area contributed by atoms with Crippen LogP contribution < -0.4 is 20.1 Å². The second-order valence-corrected chi connectivity index (χ2v) is 13.8. The first-order valence-corrected chi connectivity index (χ1v) is 18.7. The van der Waals surface area contributed by atoms with Crippen molar-refractivity contribution in [3.8, 4) is 11.5 Å². The monoisotopic (exact) mass is 714 g/mol. The predicted molar refractivity (Wildman–Crippen MR) is 202 cm³/mol. The topological polar surface area (TPSA) is 95.1 Å². The van der Waals surface area contributed by atoms with Crippen molar-refractivity contribution in [3.05, 3.63) is 132 Å². The van der Waals surface area contributed by atoms with Gasteiger partial charge in [-0.1, -0.05) is 74.5 Å². The van der Waals surface area contributed by atoms with Crippen LogP contribution in [0.4, 0.5) is 0 Å². The van der Waals surface area contributed by atoms with Gasteiger partial charge in [-0.3, -0.25) is 10.6 Å². The Morgan fingerprint density at radius 1 is 0.580 bits per heavy atom. The number of ether oxygens (including phenoxy) is 4. The zero-order valence-electron chi connectivity index (χ0n) is 29.0. The Kier molecular flexibility index (Phi) is 16.3. The average Bonchev–Trinajstić information content (AvgIpc) is 3.15. The predicted octanol–water partition coefficient (Wildman–Crippen LogP) is 8.36. The number of carbonyl (C=O) groups excluding carboxylic acids is 2. The molecule has 0 aliphatic rings. The summed E-state index contributed by atoms with van der Waals surface area (Å²) in [6.07, 6.45) is 0.635. The number of hydrogen-bond donors (Lipinski definition) is 2. The molecule has 4 aromatic carbocycles. The summed E-state index contributed by atoms with van der Waals surface area (Å²) in [6.45, 7) is 4.23. The van der Waals surface area contributed by atoms with Crippen molar-refractivity contribution in [1.82, 2.24) is 10.6 Å². The molecule has 0 radical (unpaired) electrons. The summed E-state index contributed by atoms with van der Waals surface area (Å²) in [4.78, 5) is 28.0. The minimum absolute atomic E-state index is 0.332. The zero-order valence-corrected chi connectivity index (χ0v) is 30.6. The molecule has 0 aromatic heterocycles. The quantitative estimate of drug-likeness (QED) is 0.0403. The number of thioether (sulfide) groups is 2. The maximum absolute atomic E-state index is 12.8. The Bertz CT molecular complexity index is 1480. The molecule has 4 rings (SSSR count). The van der Waals surface area contributed by atoms with E-state index in [2.05, 4.69) is 24.5 Å². The first-order chi connectivity index (χ1) is 24.4. The third-order valence-corrected chi connectivity index (χ3v) is 9.33. The van der Waals surface area contributed by atoms with Crippen molar-refractivity contribution >= 4 is 35.5 Å². The number of hydrogen-bond acceptors (Lipinski definition) is 10. The number of esters is 2. The first-order valence-electron chi connectivity index (χ1n) is 16.7. The van der Waals surface area contributed by atoms with Crippen molar-refractivity contribution in [2.45, 2.75) is 61.1 Å². The lowest BCUT2D eigenvalue weighted by molar-refractivity contribution is -0.148. The highest BCUT2D eigenvalue weighted by atomic mass is 32.2. The lowest BCUT2D eigenvalue weighted by Crippen LogP contribution is -2.34. The summed E-state index contributed by atoms with van der Waals surface area (Å²) >= 11 is 3.52. The van der Waals surface area contributed by atoms with E-state index < -0.39 is 36.6 Å². The molecule has 10 heteroatoms. The molecule has 0 saturated carbocycles. The fraction of sp³-hybridized carbons (Fsp3) is 0.300. The van der Waals surface area contributed by atoms with Gasteiger partial charge in [-0.25, -0.2) is 9.59 Å². The molecule has 0 amide bonds. The maximum atomic E-state index is 12.8. The largest absolute Gasteiger partial charge is 0.486 e. The molecule has 0 aliphatic carbocycles. The lowest BCUT2D eigenvalue weighted by Gasteiger charge is -2.25. The van der Waals surface area contributed by atoms with Gasteiger partial charge in [-0.2, -0.15) is 0 Å². The van der Waals surface area contributed by atoms with Crippen LogP contribution in [0, 0.1) is 0 Å². The molecule has 4 unspecified atom stereocenters. The highest BCUT2D eigenvalue weighted by molar-refractivity contribution is 7.99. The normalized spacial score (nSPS) is 13.6. The molecule has 50 heavy (non-hydrogen) atoms. The third-order valence-electron chi connectivity index (χ3n) is 7.54. The molecule has 0 heterocycles. The summed E-state index contributed by atoms with van der Waals surface area (Å²) in [6, 6.07) is 35.5. The van der Waals surface area contributed by atoms with Gasteiger partial charge in [0.25, 0.3) is 0 Å². The Labute approximate surface area is 304 Å². The second-order valence-electron chi connectivity index (χ2n) is 11.1. The highest BCUT2D eigenvalue weighted by Gasteiger charge is 2.23. The van der Waals surface area contributed by atoms with Crippen LogP contribution in [0.2, 0.25) is 0 Å². The van der Waals surface area contributed by atoms with Crippen molar-refractivity contribution < 1.29 is 28.5 Å². The zero-order chi connectivity index (χ0) is 35.6. The minimum Gasteiger partial charge on any atom is -0.486 e. The van der Waals surface area contributed by atoms with Crippen LogP contribution in [-0.2, 0) is 19.1 Å². The van der Waals surface area contributed by atoms with Crippen molar-refractivity contribution in [2.24, 2.45) is 0 Å². The average molecular weight is 715 g/mol. The van der Waals surface area contributed by atoms with Gasteiger partial charge in [0.1, 0.15) is 23.7 Å². The van der Waals surface area contributed by atoms with Gasteiger partial charge in [-0.05, 0) is 85.3 Å². The summed E-state index contributed by atoms with van der Waals surface area (Å²) < 4.78 is 24.1. The molecule has 0 saturated heterocycles. The minimum atomic E-state index is -0.690. The van der Waals surface area contributed by atoms with E-state index in [1.165, 1.54) is 9.79 Å². The first kappa shape index (κ1) is 38.6. The lowest BCUT2D eigenvalue weighted by atomic mass is 10.1. The summed E-state index contributed by atoms with van der Waals surface area (Å²) in [5.41, 5.74) is 1.89. The van der Waals surface area contributed by atoms with Crippen molar-refractivity contribution in [2.75, 3.05) is 25.6 Å². The van der Waals surface area contributed by atoms with Crippen LogP contribution in [-0.4, -0.2) is 50.0 Å². The Hall–Kier alpha value is -4.22. The van der Waals surface area contributed by atoms with Gasteiger partial charge in [0.15, 0.2) is 12.5 Å². The van der Waals surface area contributed by atoms with Crippen LogP contribution in [0.15, 0.2) is 131 Å². The highest BCUT2D eigenvalue weighted by Crippen LogP contribution is 2.30. The standard InChI is InChI=1S/C40H46N2O6S2/c1-5-49-33-21-17-31(18-22-33)45-35(29-13-9-7-10-14-29)27-37(41-3)47-39(43)25-26-40(44)48-38(42-4)28-36(30-15-11-8-12-16-30)46-32-19-23-34(24-20-32)50-6-2/h7-26,35-38,41-42H,5-6,27-28H2,1-4H3/b26-25-. The molecule has 264 valence electrons. The summed E-state index contributed by atoms with van der Waals surface area (Å²) in [7, 11) is 3.41. The van der Waals surface area contributed by atoms with E-state index in [1.807, 2.05) is 109 Å². The molecular formula is C40H46N2O6S2. The van der Waals surface area contributed by atoms with E-state index in [0.717, 1.165) is 34.8 Å². The Morgan fingerprint density at radius 3 is 1.26 bits per heavy atom. The van der Waals surface area contributed by atoms with E-state index in [4.69, 9.17) is 18.9 Å². The SMILES string of the molecule is CCSc1ccc(OC(CC(NC)OC(=O)/C=C\C(=O)OC(CC(Oc2ccc(SCC)cc2)c2ccccc2)NC)c2ccccc2)cc1. The molecule has 0 spiro atoms. The van der Waals surface area contributed by atoms with Crippen LogP contribution in [0.3, 0.4) is 0 Å². The van der Waals surface area contributed by atoms with Crippen LogP contribution in [0.25, 0.3) is 0 Å². The van der Waals surface area contributed by atoms with Crippen LogP contribution in [0.5, 0.6) is 11.5 Å². The molecule has 4 aromatic rings. The molecule has 8 nitrogen and oxygen atoms in total. The summed E-state index contributed by atoms with van der Waals surface area (Å²) in [5, 5.41) is 6.08. The van der Waals surface area contributed by atoms with E-state index in [-0.39, 0.29) is 0 Å².